The van der Waals surface area contributed by atoms with E-state index in [1.165, 1.54) is 0 Å². The molecule has 1 unspecified atom stereocenters. The Morgan fingerprint density at radius 1 is 0.882 bits per heavy atom. The van der Waals surface area contributed by atoms with Gasteiger partial charge < -0.3 is 15.1 Å². The van der Waals surface area contributed by atoms with E-state index in [1.807, 2.05) is 60.7 Å². The second kappa shape index (κ2) is 10.1. The number of rotatable bonds is 7. The second-order valence-corrected chi connectivity index (χ2v) is 9.45. The minimum atomic E-state index is -0.371. The quantitative estimate of drug-likeness (QED) is 0.452. The molecule has 0 aliphatic carbocycles. The fourth-order valence-electron chi connectivity index (χ4n) is 4.62. The second-order valence-electron chi connectivity index (χ2n) is 9.45. The van der Waals surface area contributed by atoms with Gasteiger partial charge in [-0.05, 0) is 67.8 Å². The first-order valence-corrected chi connectivity index (χ1v) is 12.0. The molecule has 4 rings (SSSR count). The molecule has 1 fully saturated rings. The number of nitrogens with one attached hydrogen (secondary N) is 1. The lowest BCUT2D eigenvalue weighted by Gasteiger charge is -2.29. The summed E-state index contributed by atoms with van der Waals surface area (Å²) in [6.07, 6.45) is 0.228. The molecule has 1 heterocycles. The van der Waals surface area contributed by atoms with Crippen LogP contribution in [0.1, 0.15) is 45.6 Å². The van der Waals surface area contributed by atoms with Gasteiger partial charge in [-0.25, -0.2) is 0 Å². The zero-order valence-electron chi connectivity index (χ0n) is 20.4. The Labute approximate surface area is 202 Å². The number of nitrogens with zero attached hydrogens (tertiary/aromatic N) is 2. The van der Waals surface area contributed by atoms with Crippen LogP contribution in [0.2, 0.25) is 0 Å². The van der Waals surface area contributed by atoms with Gasteiger partial charge >= 0.3 is 0 Å². The highest BCUT2D eigenvalue weighted by molar-refractivity contribution is 6.04. The molecule has 0 aromatic heterocycles. The molecule has 1 saturated heterocycles. The predicted molar refractivity (Wildman–Crippen MR) is 140 cm³/mol. The lowest BCUT2D eigenvalue weighted by molar-refractivity contribution is -0.122. The summed E-state index contributed by atoms with van der Waals surface area (Å²) in [6.45, 7) is 8.95. The highest BCUT2D eigenvalue weighted by Gasteiger charge is 2.36. The molecule has 176 valence electrons. The lowest BCUT2D eigenvalue weighted by Crippen LogP contribution is -2.29. The topological polar surface area (TPSA) is 52.7 Å². The molecule has 0 bridgehead atoms. The van der Waals surface area contributed by atoms with Crippen LogP contribution < -0.4 is 15.1 Å². The molecule has 0 saturated carbocycles. The number of carbonyl (C=O) groups is 2. The summed E-state index contributed by atoms with van der Waals surface area (Å²) >= 11 is 0. The minimum absolute atomic E-state index is 0.000894. The van der Waals surface area contributed by atoms with Gasteiger partial charge in [-0.3, -0.25) is 9.59 Å². The van der Waals surface area contributed by atoms with E-state index in [-0.39, 0.29) is 30.2 Å². The van der Waals surface area contributed by atoms with Gasteiger partial charge in [0.05, 0.1) is 5.92 Å². The Bertz CT molecular complexity index is 1140. The molecule has 34 heavy (non-hydrogen) atoms. The van der Waals surface area contributed by atoms with Crippen LogP contribution in [-0.2, 0) is 9.59 Å². The van der Waals surface area contributed by atoms with Crippen molar-refractivity contribution in [3.63, 3.8) is 0 Å². The highest BCUT2D eigenvalue weighted by atomic mass is 16.2. The minimum Gasteiger partial charge on any atom is -0.339 e. The zero-order chi connectivity index (χ0) is 24.2. The Balaban J connectivity index is 1.45. The summed E-state index contributed by atoms with van der Waals surface area (Å²) in [5.74, 6) is -0.186. The Hall–Kier alpha value is -3.60. The van der Waals surface area contributed by atoms with E-state index in [1.54, 1.807) is 4.90 Å². The van der Waals surface area contributed by atoms with Crippen molar-refractivity contribution in [3.05, 3.63) is 84.4 Å². The van der Waals surface area contributed by atoms with Gasteiger partial charge in [0, 0.05) is 41.8 Å². The van der Waals surface area contributed by atoms with E-state index >= 15 is 0 Å². The number of para-hydroxylation sites is 2. The van der Waals surface area contributed by atoms with Gasteiger partial charge in [-0.2, -0.15) is 0 Å². The van der Waals surface area contributed by atoms with Crippen LogP contribution in [-0.4, -0.2) is 24.4 Å². The third kappa shape index (κ3) is 4.98. The maximum absolute atomic E-state index is 13.0. The summed E-state index contributed by atoms with van der Waals surface area (Å²) in [5.41, 5.74) is 4.96. The Morgan fingerprint density at radius 3 is 2.15 bits per heavy atom. The van der Waals surface area contributed by atoms with Crippen LogP contribution in [0, 0.1) is 5.92 Å². The van der Waals surface area contributed by atoms with Gasteiger partial charge in [-0.15, -0.1) is 0 Å². The smallest absolute Gasteiger partial charge is 0.229 e. The first kappa shape index (κ1) is 23.6. The average Bonchev–Trinajstić information content (AvgIpc) is 3.22. The Morgan fingerprint density at radius 2 is 1.50 bits per heavy atom. The SMILES string of the molecule is CC(C)c1ccccc1N1CC(C(=O)Nc2ccc(N(c3ccccc3)C(C)C)cc2)CC1=O. The van der Waals surface area contributed by atoms with Gasteiger partial charge in [0.15, 0.2) is 0 Å². The van der Waals surface area contributed by atoms with Crippen LogP contribution in [0.5, 0.6) is 0 Å². The van der Waals surface area contributed by atoms with E-state index in [2.05, 4.69) is 56.1 Å². The molecule has 3 aromatic rings. The maximum atomic E-state index is 13.0. The molecule has 5 heteroatoms. The Kier molecular flexibility index (Phi) is 7.01. The molecule has 0 spiro atoms. The van der Waals surface area contributed by atoms with Crippen molar-refractivity contribution in [2.75, 3.05) is 21.7 Å². The standard InChI is InChI=1S/C29H33N3O2/c1-20(2)26-12-8-9-13-27(26)31-19-22(18-28(31)33)29(34)30-23-14-16-25(17-15-23)32(21(3)4)24-10-6-5-7-11-24/h5-17,20-22H,18-19H2,1-4H3,(H,30,34). The first-order chi connectivity index (χ1) is 16.3. The molecule has 5 nitrogen and oxygen atoms in total. The summed E-state index contributed by atoms with van der Waals surface area (Å²) < 4.78 is 0. The maximum Gasteiger partial charge on any atom is 0.229 e. The van der Waals surface area contributed by atoms with Crippen LogP contribution >= 0.6 is 0 Å². The van der Waals surface area contributed by atoms with Crippen molar-refractivity contribution in [1.29, 1.82) is 0 Å². The van der Waals surface area contributed by atoms with E-state index in [0.717, 1.165) is 28.3 Å². The fraction of sp³-hybridized carbons (Fsp3) is 0.310. The molecule has 1 aliphatic rings. The van der Waals surface area contributed by atoms with Gasteiger partial charge in [-0.1, -0.05) is 50.2 Å². The van der Waals surface area contributed by atoms with E-state index in [0.29, 0.717) is 12.5 Å². The molecule has 1 atom stereocenters. The third-order valence-electron chi connectivity index (χ3n) is 6.31. The molecular weight excluding hydrogens is 422 g/mol. The van der Waals surface area contributed by atoms with E-state index in [4.69, 9.17) is 0 Å². The molecule has 1 aliphatic heterocycles. The van der Waals surface area contributed by atoms with E-state index < -0.39 is 0 Å². The number of hydrogen-bond donors (Lipinski definition) is 1. The van der Waals surface area contributed by atoms with E-state index in [9.17, 15) is 9.59 Å². The number of anilines is 4. The van der Waals surface area contributed by atoms with Crippen LogP contribution in [0.3, 0.4) is 0 Å². The normalized spacial score (nSPS) is 15.8. The van der Waals surface area contributed by atoms with Crippen molar-refractivity contribution in [2.24, 2.45) is 5.92 Å². The molecular formula is C29H33N3O2. The summed E-state index contributed by atoms with van der Waals surface area (Å²) in [6, 6.07) is 26.4. The van der Waals surface area contributed by atoms with Crippen molar-refractivity contribution in [2.45, 2.75) is 46.1 Å². The summed E-state index contributed by atoms with van der Waals surface area (Å²) in [4.78, 5) is 29.8. The summed E-state index contributed by atoms with van der Waals surface area (Å²) in [5, 5.41) is 3.01. The fourth-order valence-corrected chi connectivity index (χ4v) is 4.62. The van der Waals surface area contributed by atoms with Gasteiger partial charge in [0.1, 0.15) is 0 Å². The van der Waals surface area contributed by atoms with Crippen LogP contribution in [0.15, 0.2) is 78.9 Å². The zero-order valence-corrected chi connectivity index (χ0v) is 20.4. The number of carbonyl (C=O) groups excluding carboxylic acids is 2. The third-order valence-corrected chi connectivity index (χ3v) is 6.31. The van der Waals surface area contributed by atoms with Crippen molar-refractivity contribution in [1.82, 2.24) is 0 Å². The van der Waals surface area contributed by atoms with Crippen LogP contribution in [0.4, 0.5) is 22.7 Å². The van der Waals surface area contributed by atoms with Crippen molar-refractivity contribution < 1.29 is 9.59 Å². The van der Waals surface area contributed by atoms with Crippen molar-refractivity contribution >= 4 is 34.6 Å². The molecule has 1 N–H and O–H groups in total. The lowest BCUT2D eigenvalue weighted by atomic mass is 10.0. The van der Waals surface area contributed by atoms with Gasteiger partial charge in [0.25, 0.3) is 0 Å². The molecule has 2 amide bonds. The molecule has 0 radical (unpaired) electrons. The average molecular weight is 456 g/mol. The number of benzene rings is 3. The van der Waals surface area contributed by atoms with Gasteiger partial charge in [0.2, 0.25) is 11.8 Å². The largest absolute Gasteiger partial charge is 0.339 e. The number of hydrogen-bond acceptors (Lipinski definition) is 3. The number of amides is 2. The van der Waals surface area contributed by atoms with Crippen molar-refractivity contribution in [3.8, 4) is 0 Å². The molecule has 3 aromatic carbocycles. The highest BCUT2D eigenvalue weighted by Crippen LogP contribution is 2.33. The monoisotopic (exact) mass is 455 g/mol. The first-order valence-electron chi connectivity index (χ1n) is 12.0. The summed E-state index contributed by atoms with van der Waals surface area (Å²) in [7, 11) is 0. The van der Waals surface area contributed by atoms with Crippen LogP contribution in [0.25, 0.3) is 0 Å². The predicted octanol–water partition coefficient (Wildman–Crippen LogP) is 6.35.